The minimum absolute atomic E-state index is 0.744. The lowest BCUT2D eigenvalue weighted by atomic mass is 9.69. The summed E-state index contributed by atoms with van der Waals surface area (Å²) in [6.07, 6.45) is 12.2. The lowest BCUT2D eigenvalue weighted by molar-refractivity contribution is 0.143. The second-order valence-electron chi connectivity index (χ2n) is 6.06. The van der Waals surface area contributed by atoms with E-state index in [0.717, 1.165) is 24.4 Å². The zero-order valence-electron chi connectivity index (χ0n) is 11.3. The largest absolute Gasteiger partial charge is 0.308 e. The smallest absolute Gasteiger partial charge is 0.107 e. The van der Waals surface area contributed by atoms with E-state index in [1.165, 1.54) is 54.8 Å². The Labute approximate surface area is 114 Å². The van der Waals surface area contributed by atoms with Gasteiger partial charge in [-0.25, -0.2) is 4.98 Å². The molecule has 1 aromatic rings. The first kappa shape index (κ1) is 12.6. The summed E-state index contributed by atoms with van der Waals surface area (Å²) < 4.78 is 0. The van der Waals surface area contributed by atoms with Gasteiger partial charge in [0, 0.05) is 23.7 Å². The van der Waals surface area contributed by atoms with E-state index in [2.05, 4.69) is 17.2 Å². The molecule has 100 valence electrons. The highest BCUT2D eigenvalue weighted by atomic mass is 32.1. The van der Waals surface area contributed by atoms with E-state index in [1.54, 1.807) is 0 Å². The summed E-state index contributed by atoms with van der Waals surface area (Å²) in [6.45, 7) is 3.11. The molecule has 0 aromatic carbocycles. The SMILES string of the molecule is Cc1cnc(CNC2CCC3CCCCC3C2)s1. The molecule has 2 fully saturated rings. The maximum absolute atomic E-state index is 4.44. The normalized spacial score (nSPS) is 32.2. The first-order chi connectivity index (χ1) is 8.81. The summed E-state index contributed by atoms with van der Waals surface area (Å²) in [7, 11) is 0. The second-order valence-corrected chi connectivity index (χ2v) is 7.38. The number of thiazole rings is 1. The van der Waals surface area contributed by atoms with Crippen molar-refractivity contribution < 1.29 is 0 Å². The van der Waals surface area contributed by atoms with Gasteiger partial charge in [-0.15, -0.1) is 11.3 Å². The molecule has 0 radical (unpaired) electrons. The Morgan fingerprint density at radius 2 is 2.06 bits per heavy atom. The Morgan fingerprint density at radius 1 is 1.22 bits per heavy atom. The summed E-state index contributed by atoms with van der Waals surface area (Å²) in [4.78, 5) is 5.76. The van der Waals surface area contributed by atoms with Crippen molar-refractivity contribution in [2.24, 2.45) is 11.8 Å². The molecule has 3 atom stereocenters. The molecule has 2 nitrogen and oxygen atoms in total. The van der Waals surface area contributed by atoms with Gasteiger partial charge in [0.2, 0.25) is 0 Å². The Balaban J connectivity index is 1.49. The van der Waals surface area contributed by atoms with Crippen molar-refractivity contribution in [1.82, 2.24) is 10.3 Å². The van der Waals surface area contributed by atoms with Crippen molar-refractivity contribution in [2.45, 2.75) is 64.5 Å². The third kappa shape index (κ3) is 2.94. The lowest BCUT2D eigenvalue weighted by Crippen LogP contribution is -2.38. The molecule has 2 saturated carbocycles. The number of nitrogens with one attached hydrogen (secondary N) is 1. The van der Waals surface area contributed by atoms with Gasteiger partial charge in [-0.3, -0.25) is 0 Å². The maximum Gasteiger partial charge on any atom is 0.107 e. The van der Waals surface area contributed by atoms with Crippen LogP contribution in [0.25, 0.3) is 0 Å². The quantitative estimate of drug-likeness (QED) is 0.895. The maximum atomic E-state index is 4.44. The van der Waals surface area contributed by atoms with Crippen molar-refractivity contribution in [3.63, 3.8) is 0 Å². The third-order valence-corrected chi connectivity index (χ3v) is 5.66. The van der Waals surface area contributed by atoms with E-state index in [4.69, 9.17) is 0 Å². The number of aromatic nitrogens is 1. The Bertz CT molecular complexity index is 388. The van der Waals surface area contributed by atoms with Crippen molar-refractivity contribution in [3.05, 3.63) is 16.1 Å². The topological polar surface area (TPSA) is 24.9 Å². The molecule has 0 amide bonds. The molecule has 1 N–H and O–H groups in total. The van der Waals surface area contributed by atoms with Crippen molar-refractivity contribution in [3.8, 4) is 0 Å². The van der Waals surface area contributed by atoms with Crippen LogP contribution in [0.5, 0.6) is 0 Å². The van der Waals surface area contributed by atoms with Crippen molar-refractivity contribution in [2.75, 3.05) is 0 Å². The summed E-state index contributed by atoms with van der Waals surface area (Å²) in [5.74, 6) is 2.07. The van der Waals surface area contributed by atoms with Gasteiger partial charge >= 0.3 is 0 Å². The number of nitrogens with zero attached hydrogens (tertiary/aromatic N) is 1. The molecular weight excluding hydrogens is 240 g/mol. The highest BCUT2D eigenvalue weighted by Gasteiger charge is 2.31. The van der Waals surface area contributed by atoms with Gasteiger partial charge in [0.05, 0.1) is 0 Å². The molecule has 0 bridgehead atoms. The summed E-state index contributed by atoms with van der Waals surface area (Å²) in [5.41, 5.74) is 0. The average Bonchev–Trinajstić information content (AvgIpc) is 2.82. The van der Waals surface area contributed by atoms with Crippen molar-refractivity contribution >= 4 is 11.3 Å². The molecule has 2 aliphatic rings. The van der Waals surface area contributed by atoms with Gasteiger partial charge in [-0.2, -0.15) is 0 Å². The Kier molecular flexibility index (Phi) is 4.00. The fourth-order valence-corrected chi connectivity index (χ4v) is 4.51. The minimum atomic E-state index is 0.744. The number of fused-ring (bicyclic) bond motifs is 1. The zero-order chi connectivity index (χ0) is 12.4. The minimum Gasteiger partial charge on any atom is -0.308 e. The Morgan fingerprint density at radius 3 is 2.83 bits per heavy atom. The van der Waals surface area contributed by atoms with Crippen LogP contribution in [-0.4, -0.2) is 11.0 Å². The number of aryl methyl sites for hydroxylation is 1. The molecule has 0 spiro atoms. The van der Waals surface area contributed by atoms with Gasteiger partial charge in [-0.05, 0) is 38.0 Å². The van der Waals surface area contributed by atoms with E-state index in [9.17, 15) is 0 Å². The predicted octanol–water partition coefficient (Wildman–Crippen LogP) is 3.90. The Hall–Kier alpha value is -0.410. The molecule has 0 aliphatic heterocycles. The fraction of sp³-hybridized carbons (Fsp3) is 0.800. The number of rotatable bonds is 3. The van der Waals surface area contributed by atoms with Gasteiger partial charge < -0.3 is 5.32 Å². The molecule has 0 saturated heterocycles. The molecule has 3 heteroatoms. The van der Waals surface area contributed by atoms with Crippen LogP contribution >= 0.6 is 11.3 Å². The van der Waals surface area contributed by atoms with E-state index in [1.807, 2.05) is 17.5 Å². The number of hydrogen-bond donors (Lipinski definition) is 1. The summed E-state index contributed by atoms with van der Waals surface area (Å²) >= 11 is 1.83. The standard InChI is InChI=1S/C15H24N2S/c1-11-9-17-15(18-11)10-16-14-7-6-12-4-2-3-5-13(12)8-14/h9,12-14,16H,2-8,10H2,1H3. The zero-order valence-corrected chi connectivity index (χ0v) is 12.1. The van der Waals surface area contributed by atoms with Crippen LogP contribution in [0.2, 0.25) is 0 Å². The summed E-state index contributed by atoms with van der Waals surface area (Å²) in [6, 6.07) is 0.744. The first-order valence-corrected chi connectivity index (χ1v) is 8.27. The fourth-order valence-electron chi connectivity index (χ4n) is 3.77. The van der Waals surface area contributed by atoms with E-state index >= 15 is 0 Å². The highest BCUT2D eigenvalue weighted by molar-refractivity contribution is 7.11. The van der Waals surface area contributed by atoms with Crippen LogP contribution in [0.1, 0.15) is 54.8 Å². The lowest BCUT2D eigenvalue weighted by Gasteiger charge is -2.39. The van der Waals surface area contributed by atoms with Crippen LogP contribution in [-0.2, 0) is 6.54 Å². The van der Waals surface area contributed by atoms with E-state index < -0.39 is 0 Å². The predicted molar refractivity (Wildman–Crippen MR) is 76.8 cm³/mol. The van der Waals surface area contributed by atoms with Crippen molar-refractivity contribution in [1.29, 1.82) is 0 Å². The first-order valence-electron chi connectivity index (χ1n) is 7.46. The van der Waals surface area contributed by atoms with Crippen LogP contribution in [0.3, 0.4) is 0 Å². The molecule has 3 unspecified atom stereocenters. The summed E-state index contributed by atoms with van der Waals surface area (Å²) in [5, 5.41) is 4.98. The van der Waals surface area contributed by atoms with Gasteiger partial charge in [0.1, 0.15) is 5.01 Å². The molecule has 3 rings (SSSR count). The average molecular weight is 264 g/mol. The molecule has 2 aliphatic carbocycles. The van der Waals surface area contributed by atoms with Crippen LogP contribution in [0.4, 0.5) is 0 Å². The van der Waals surface area contributed by atoms with Crippen LogP contribution in [0.15, 0.2) is 6.20 Å². The molecular formula is C15H24N2S. The molecule has 18 heavy (non-hydrogen) atoms. The highest BCUT2D eigenvalue weighted by Crippen LogP contribution is 2.40. The van der Waals surface area contributed by atoms with Crippen LogP contribution in [0, 0.1) is 18.8 Å². The molecule has 1 aromatic heterocycles. The number of hydrogen-bond acceptors (Lipinski definition) is 3. The monoisotopic (exact) mass is 264 g/mol. The molecule has 1 heterocycles. The van der Waals surface area contributed by atoms with Crippen LogP contribution < -0.4 is 5.32 Å². The van der Waals surface area contributed by atoms with Gasteiger partial charge in [0.15, 0.2) is 0 Å². The third-order valence-electron chi connectivity index (χ3n) is 4.75. The van der Waals surface area contributed by atoms with Gasteiger partial charge in [-0.1, -0.05) is 25.7 Å². The van der Waals surface area contributed by atoms with Gasteiger partial charge in [0.25, 0.3) is 0 Å². The van der Waals surface area contributed by atoms with E-state index in [0.29, 0.717) is 0 Å². The van der Waals surface area contributed by atoms with E-state index in [-0.39, 0.29) is 0 Å². The second kappa shape index (κ2) is 5.70.